The molecule has 0 aliphatic heterocycles. The van der Waals surface area contributed by atoms with Gasteiger partial charge in [0.15, 0.2) is 0 Å². The smallest absolute Gasteiger partial charge is 0.317 e. The van der Waals surface area contributed by atoms with Crippen LogP contribution < -0.4 is 5.32 Å². The van der Waals surface area contributed by atoms with E-state index in [4.69, 9.17) is 4.74 Å². The molecule has 1 fully saturated rings. The van der Waals surface area contributed by atoms with Crippen LogP contribution in [0.25, 0.3) is 0 Å². The van der Waals surface area contributed by atoms with Crippen LogP contribution in [-0.2, 0) is 4.74 Å². The number of hydrogen-bond acceptors (Lipinski definition) is 2. The standard InChI is InChI=1S/C11H22N2O2/c1-4-13(5-2)11(14)12-9-7-6-8-10(9)15-3/h9-10H,4-8H2,1-3H3,(H,12,14). The third-order valence-electron chi connectivity index (χ3n) is 3.11. The minimum Gasteiger partial charge on any atom is -0.379 e. The van der Waals surface area contributed by atoms with Crippen molar-refractivity contribution in [2.75, 3.05) is 20.2 Å². The third-order valence-corrected chi connectivity index (χ3v) is 3.11. The first-order valence-corrected chi connectivity index (χ1v) is 5.81. The van der Waals surface area contributed by atoms with Gasteiger partial charge in [-0.25, -0.2) is 4.79 Å². The van der Waals surface area contributed by atoms with Crippen LogP contribution >= 0.6 is 0 Å². The van der Waals surface area contributed by atoms with Crippen molar-refractivity contribution in [1.29, 1.82) is 0 Å². The molecule has 0 bridgehead atoms. The van der Waals surface area contributed by atoms with Crippen molar-refractivity contribution in [3.63, 3.8) is 0 Å². The normalized spacial score (nSPS) is 25.3. The van der Waals surface area contributed by atoms with Gasteiger partial charge in [0.05, 0.1) is 12.1 Å². The molecule has 4 heteroatoms. The first kappa shape index (κ1) is 12.3. The molecule has 0 aromatic heterocycles. The summed E-state index contributed by atoms with van der Waals surface area (Å²) < 4.78 is 5.34. The van der Waals surface area contributed by atoms with E-state index in [1.54, 1.807) is 12.0 Å². The summed E-state index contributed by atoms with van der Waals surface area (Å²) in [7, 11) is 1.71. The Morgan fingerprint density at radius 3 is 2.60 bits per heavy atom. The summed E-state index contributed by atoms with van der Waals surface area (Å²) in [6.45, 7) is 5.50. The second-order valence-corrected chi connectivity index (χ2v) is 3.93. The highest BCUT2D eigenvalue weighted by Gasteiger charge is 2.29. The Balaban J connectivity index is 2.42. The van der Waals surface area contributed by atoms with Crippen molar-refractivity contribution in [3.05, 3.63) is 0 Å². The summed E-state index contributed by atoms with van der Waals surface area (Å²) in [6, 6.07) is 0.233. The maximum absolute atomic E-state index is 11.8. The fourth-order valence-electron chi connectivity index (χ4n) is 2.13. The van der Waals surface area contributed by atoms with Crippen LogP contribution in [0, 0.1) is 0 Å². The monoisotopic (exact) mass is 214 g/mol. The molecule has 0 spiro atoms. The highest BCUT2D eigenvalue weighted by molar-refractivity contribution is 5.74. The van der Waals surface area contributed by atoms with E-state index in [0.717, 1.165) is 32.4 Å². The molecule has 1 rings (SSSR count). The van der Waals surface area contributed by atoms with Crippen LogP contribution in [0.5, 0.6) is 0 Å². The van der Waals surface area contributed by atoms with Crippen molar-refractivity contribution in [2.24, 2.45) is 0 Å². The van der Waals surface area contributed by atoms with Gasteiger partial charge in [-0.3, -0.25) is 0 Å². The number of amides is 2. The number of carbonyl (C=O) groups is 1. The van der Waals surface area contributed by atoms with Gasteiger partial charge in [0.1, 0.15) is 0 Å². The predicted molar refractivity (Wildman–Crippen MR) is 59.9 cm³/mol. The molecule has 0 aromatic carbocycles. The van der Waals surface area contributed by atoms with Gasteiger partial charge >= 0.3 is 6.03 Å². The fourth-order valence-corrected chi connectivity index (χ4v) is 2.13. The Labute approximate surface area is 92.0 Å². The average Bonchev–Trinajstić information content (AvgIpc) is 2.67. The van der Waals surface area contributed by atoms with E-state index in [9.17, 15) is 4.79 Å². The van der Waals surface area contributed by atoms with Gasteiger partial charge in [0.2, 0.25) is 0 Å². The van der Waals surface area contributed by atoms with Gasteiger partial charge in [-0.1, -0.05) is 0 Å². The summed E-state index contributed by atoms with van der Waals surface area (Å²) in [5.74, 6) is 0. The second-order valence-electron chi connectivity index (χ2n) is 3.93. The first-order valence-electron chi connectivity index (χ1n) is 5.81. The van der Waals surface area contributed by atoms with E-state index in [0.29, 0.717) is 0 Å². The molecule has 2 unspecified atom stereocenters. The maximum Gasteiger partial charge on any atom is 0.317 e. The third kappa shape index (κ3) is 3.09. The lowest BCUT2D eigenvalue weighted by molar-refractivity contribution is 0.0850. The lowest BCUT2D eigenvalue weighted by Gasteiger charge is -2.25. The minimum atomic E-state index is 0.0361. The minimum absolute atomic E-state index is 0.0361. The zero-order valence-corrected chi connectivity index (χ0v) is 9.95. The first-order chi connectivity index (χ1) is 7.22. The molecule has 2 amide bonds. The summed E-state index contributed by atoms with van der Waals surface area (Å²) in [6.07, 6.45) is 3.43. The van der Waals surface area contributed by atoms with E-state index in [-0.39, 0.29) is 18.2 Å². The highest BCUT2D eigenvalue weighted by atomic mass is 16.5. The number of nitrogens with zero attached hydrogens (tertiary/aromatic N) is 1. The average molecular weight is 214 g/mol. The maximum atomic E-state index is 11.8. The summed E-state index contributed by atoms with van der Waals surface area (Å²) in [5, 5.41) is 3.04. The van der Waals surface area contributed by atoms with Gasteiger partial charge < -0.3 is 15.0 Å². The van der Waals surface area contributed by atoms with Crippen molar-refractivity contribution >= 4 is 6.03 Å². The molecule has 2 atom stereocenters. The second kappa shape index (κ2) is 5.95. The molecule has 1 aliphatic rings. The molecule has 1 N–H and O–H groups in total. The Morgan fingerprint density at radius 2 is 2.07 bits per heavy atom. The van der Waals surface area contributed by atoms with Gasteiger partial charge in [0.25, 0.3) is 0 Å². The molecule has 0 radical (unpaired) electrons. The van der Waals surface area contributed by atoms with Gasteiger partial charge in [-0.15, -0.1) is 0 Å². The highest BCUT2D eigenvalue weighted by Crippen LogP contribution is 2.21. The Bertz CT molecular complexity index is 205. The molecular formula is C11H22N2O2. The van der Waals surface area contributed by atoms with E-state index >= 15 is 0 Å². The number of rotatable bonds is 4. The van der Waals surface area contributed by atoms with E-state index in [2.05, 4.69) is 5.32 Å². The zero-order valence-electron chi connectivity index (χ0n) is 9.95. The quantitative estimate of drug-likeness (QED) is 0.772. The molecule has 88 valence electrons. The molecule has 0 aromatic rings. The van der Waals surface area contributed by atoms with Crippen molar-refractivity contribution in [1.82, 2.24) is 10.2 Å². The molecule has 4 nitrogen and oxygen atoms in total. The summed E-state index contributed by atoms with van der Waals surface area (Å²) >= 11 is 0. The predicted octanol–water partition coefficient (Wildman–Crippen LogP) is 1.61. The molecular weight excluding hydrogens is 192 g/mol. The number of hydrogen-bond donors (Lipinski definition) is 1. The van der Waals surface area contributed by atoms with Crippen LogP contribution in [0.1, 0.15) is 33.1 Å². The lowest BCUT2D eigenvalue weighted by atomic mass is 10.2. The number of urea groups is 1. The van der Waals surface area contributed by atoms with Crippen LogP contribution in [0.4, 0.5) is 4.79 Å². The molecule has 0 heterocycles. The van der Waals surface area contributed by atoms with Crippen molar-refractivity contribution < 1.29 is 9.53 Å². The van der Waals surface area contributed by atoms with Gasteiger partial charge in [-0.2, -0.15) is 0 Å². The Hall–Kier alpha value is -0.770. The lowest BCUT2D eigenvalue weighted by Crippen LogP contribution is -2.47. The van der Waals surface area contributed by atoms with Crippen molar-refractivity contribution in [2.45, 2.75) is 45.3 Å². The van der Waals surface area contributed by atoms with E-state index in [1.807, 2.05) is 13.8 Å². The number of nitrogens with one attached hydrogen (secondary N) is 1. The molecule has 1 aliphatic carbocycles. The van der Waals surface area contributed by atoms with E-state index in [1.165, 1.54) is 0 Å². The Kier molecular flexibility index (Phi) is 4.88. The van der Waals surface area contributed by atoms with Gasteiger partial charge in [-0.05, 0) is 33.1 Å². The summed E-state index contributed by atoms with van der Waals surface area (Å²) in [4.78, 5) is 13.6. The van der Waals surface area contributed by atoms with Crippen molar-refractivity contribution in [3.8, 4) is 0 Å². The largest absolute Gasteiger partial charge is 0.379 e. The van der Waals surface area contributed by atoms with Gasteiger partial charge in [0, 0.05) is 20.2 Å². The van der Waals surface area contributed by atoms with E-state index < -0.39 is 0 Å². The SMILES string of the molecule is CCN(CC)C(=O)NC1CCCC1OC. The Morgan fingerprint density at radius 1 is 1.40 bits per heavy atom. The van der Waals surface area contributed by atoms with Crippen LogP contribution in [0.2, 0.25) is 0 Å². The molecule has 0 saturated heterocycles. The summed E-state index contributed by atoms with van der Waals surface area (Å²) in [5.41, 5.74) is 0. The molecule has 15 heavy (non-hydrogen) atoms. The zero-order chi connectivity index (χ0) is 11.3. The fraction of sp³-hybridized carbons (Fsp3) is 0.909. The van der Waals surface area contributed by atoms with Crippen LogP contribution in [0.3, 0.4) is 0 Å². The number of carbonyl (C=O) groups excluding carboxylic acids is 1. The van der Waals surface area contributed by atoms with Crippen LogP contribution in [-0.4, -0.2) is 43.3 Å². The topological polar surface area (TPSA) is 41.6 Å². The van der Waals surface area contributed by atoms with Crippen LogP contribution in [0.15, 0.2) is 0 Å². The molecule has 1 saturated carbocycles. The number of methoxy groups -OCH3 is 1. The number of ether oxygens (including phenoxy) is 1.